The molecule has 0 aliphatic rings. The van der Waals surface area contributed by atoms with Crippen molar-refractivity contribution < 1.29 is 32.3 Å². The molecule has 180 valence electrons. The number of alkyl halides is 3. The predicted octanol–water partition coefficient (Wildman–Crippen LogP) is 2.71. The second kappa shape index (κ2) is 11.1. The maximum absolute atomic E-state index is 13.1. The third-order valence-electron chi connectivity index (χ3n) is 3.90. The fraction of sp³-hybridized carbons (Fsp3) is 0.190. The number of aliphatic carboxylic acids is 1. The van der Waals surface area contributed by atoms with Crippen molar-refractivity contribution in [2.45, 2.75) is 12.7 Å². The van der Waals surface area contributed by atoms with E-state index < -0.39 is 29.4 Å². The lowest BCUT2D eigenvalue weighted by molar-refractivity contribution is -0.192. The van der Waals surface area contributed by atoms with Crippen LogP contribution in [0.25, 0.3) is 5.69 Å². The highest BCUT2D eigenvalue weighted by atomic mass is 19.4. The van der Waals surface area contributed by atoms with E-state index in [0.29, 0.717) is 17.9 Å². The highest BCUT2D eigenvalue weighted by Gasteiger charge is 2.38. The molecule has 0 atom stereocenters. The number of carboxylic acid groups (broad SMARTS) is 1. The molecule has 0 fully saturated rings. The van der Waals surface area contributed by atoms with Crippen molar-refractivity contribution in [3.8, 4) is 5.69 Å². The van der Waals surface area contributed by atoms with Crippen LogP contribution in [-0.2, 0) is 11.3 Å². The minimum absolute atomic E-state index is 0.0527. The lowest BCUT2D eigenvalue weighted by Crippen LogP contribution is -2.25. The molecule has 13 heteroatoms. The highest BCUT2D eigenvalue weighted by molar-refractivity contribution is 6.02. The molecular formula is C21H19F4N5O4. The summed E-state index contributed by atoms with van der Waals surface area (Å²) < 4.78 is 45.9. The van der Waals surface area contributed by atoms with Gasteiger partial charge >= 0.3 is 12.1 Å². The molecule has 34 heavy (non-hydrogen) atoms. The number of carboxylic acids is 1. The van der Waals surface area contributed by atoms with Crippen molar-refractivity contribution in [3.63, 3.8) is 0 Å². The standard InChI is InChI=1S/C19H18FN5O2.C2HF3O2/c1-24(2)12-13-9-15(11-21-10-13)22-19(27)17-7-8-18(26)25(23-17)16-5-3-14(20)4-6-16;3-2(4,5)1(6)7/h3-11H,12H2,1-2H3,(H,22,27);(H,6,7). The number of benzene rings is 1. The fourth-order valence-corrected chi connectivity index (χ4v) is 2.50. The van der Waals surface area contributed by atoms with E-state index in [1.807, 2.05) is 25.1 Å². The van der Waals surface area contributed by atoms with Crippen molar-refractivity contribution in [3.05, 3.63) is 82.3 Å². The Balaban J connectivity index is 0.000000509. The summed E-state index contributed by atoms with van der Waals surface area (Å²) in [5.74, 6) is -3.66. The molecule has 0 aliphatic heterocycles. The van der Waals surface area contributed by atoms with Gasteiger partial charge in [-0.25, -0.2) is 9.18 Å². The van der Waals surface area contributed by atoms with Crippen molar-refractivity contribution in [2.24, 2.45) is 0 Å². The first-order valence-corrected chi connectivity index (χ1v) is 9.43. The third-order valence-corrected chi connectivity index (χ3v) is 3.90. The summed E-state index contributed by atoms with van der Waals surface area (Å²) >= 11 is 0. The second-order valence-electron chi connectivity index (χ2n) is 7.02. The van der Waals surface area contributed by atoms with Gasteiger partial charge in [0.15, 0.2) is 0 Å². The molecule has 0 saturated carbocycles. The number of carbonyl (C=O) groups excluding carboxylic acids is 1. The normalized spacial score (nSPS) is 10.9. The second-order valence-corrected chi connectivity index (χ2v) is 7.02. The summed E-state index contributed by atoms with van der Waals surface area (Å²) in [5, 5.41) is 13.9. The van der Waals surface area contributed by atoms with Crippen LogP contribution in [0, 0.1) is 5.82 Å². The SMILES string of the molecule is CN(C)Cc1cncc(NC(=O)c2ccc(=O)n(-c3ccc(F)cc3)n2)c1.O=C(O)C(F)(F)F. The summed E-state index contributed by atoms with van der Waals surface area (Å²) in [7, 11) is 3.88. The topological polar surface area (TPSA) is 117 Å². The van der Waals surface area contributed by atoms with Crippen molar-refractivity contribution >= 4 is 17.6 Å². The van der Waals surface area contributed by atoms with Crippen molar-refractivity contribution in [1.29, 1.82) is 0 Å². The molecule has 3 aromatic rings. The van der Waals surface area contributed by atoms with E-state index in [1.165, 1.54) is 42.6 Å². The van der Waals surface area contributed by atoms with Crippen LogP contribution in [0.5, 0.6) is 0 Å². The molecule has 2 heterocycles. The van der Waals surface area contributed by atoms with Gasteiger partial charge in [0.25, 0.3) is 11.5 Å². The largest absolute Gasteiger partial charge is 0.490 e. The van der Waals surface area contributed by atoms with Crippen molar-refractivity contribution in [2.75, 3.05) is 19.4 Å². The first-order chi connectivity index (χ1) is 15.9. The molecule has 0 bridgehead atoms. The van der Waals surface area contributed by atoms with E-state index in [9.17, 15) is 27.2 Å². The van der Waals surface area contributed by atoms with E-state index in [0.717, 1.165) is 10.2 Å². The van der Waals surface area contributed by atoms with Crippen LogP contribution >= 0.6 is 0 Å². The molecule has 0 unspecified atom stereocenters. The van der Waals surface area contributed by atoms with Crippen LogP contribution in [0.1, 0.15) is 16.1 Å². The molecule has 3 rings (SSSR count). The van der Waals surface area contributed by atoms with Crippen LogP contribution in [-0.4, -0.2) is 56.9 Å². The number of rotatable bonds is 5. The number of anilines is 1. The first kappa shape index (κ1) is 26.1. The third kappa shape index (κ3) is 7.78. The zero-order valence-corrected chi connectivity index (χ0v) is 17.9. The molecule has 0 radical (unpaired) electrons. The van der Waals surface area contributed by atoms with Gasteiger partial charge in [0.1, 0.15) is 11.5 Å². The number of nitrogens with one attached hydrogen (secondary N) is 1. The van der Waals surface area contributed by atoms with Crippen LogP contribution in [0.15, 0.2) is 59.7 Å². The molecule has 9 nitrogen and oxygen atoms in total. The monoisotopic (exact) mass is 481 g/mol. The van der Waals surface area contributed by atoms with E-state index in [2.05, 4.69) is 15.4 Å². The van der Waals surface area contributed by atoms with Gasteiger partial charge in [-0.1, -0.05) is 0 Å². The van der Waals surface area contributed by atoms with Gasteiger partial charge in [-0.15, -0.1) is 0 Å². The molecule has 0 spiro atoms. The highest BCUT2D eigenvalue weighted by Crippen LogP contribution is 2.13. The Kier molecular flexibility index (Phi) is 8.56. The Bertz CT molecular complexity index is 1210. The maximum atomic E-state index is 13.1. The van der Waals surface area contributed by atoms with Gasteiger partial charge in [0.2, 0.25) is 0 Å². The smallest absolute Gasteiger partial charge is 0.475 e. The van der Waals surface area contributed by atoms with Gasteiger partial charge in [-0.2, -0.15) is 23.0 Å². The lowest BCUT2D eigenvalue weighted by Gasteiger charge is -2.11. The van der Waals surface area contributed by atoms with Crippen LogP contribution < -0.4 is 10.9 Å². The number of amides is 1. The Labute approximate surface area is 190 Å². The Hall–Kier alpha value is -4.13. The fourth-order valence-electron chi connectivity index (χ4n) is 2.50. The molecule has 0 aliphatic carbocycles. The molecule has 2 aromatic heterocycles. The summed E-state index contributed by atoms with van der Waals surface area (Å²) in [6, 6.07) is 9.68. The van der Waals surface area contributed by atoms with Gasteiger partial charge in [0.05, 0.1) is 17.6 Å². The minimum atomic E-state index is -5.08. The number of halogens is 4. The van der Waals surface area contributed by atoms with E-state index in [1.54, 1.807) is 6.20 Å². The molecular weight excluding hydrogens is 462 g/mol. The minimum Gasteiger partial charge on any atom is -0.475 e. The number of carbonyl (C=O) groups is 2. The molecule has 1 aromatic carbocycles. The summed E-state index contributed by atoms with van der Waals surface area (Å²) in [4.78, 5) is 39.6. The Morgan fingerprint density at radius 1 is 1.09 bits per heavy atom. The van der Waals surface area contributed by atoms with Crippen LogP contribution in [0.2, 0.25) is 0 Å². The van der Waals surface area contributed by atoms with E-state index >= 15 is 0 Å². The molecule has 0 saturated heterocycles. The number of pyridine rings is 1. The Morgan fingerprint density at radius 2 is 1.71 bits per heavy atom. The average molecular weight is 481 g/mol. The molecule has 1 amide bonds. The zero-order valence-electron chi connectivity index (χ0n) is 17.9. The lowest BCUT2D eigenvalue weighted by atomic mass is 10.2. The van der Waals surface area contributed by atoms with Gasteiger partial charge < -0.3 is 15.3 Å². The number of nitrogens with zero attached hydrogens (tertiary/aromatic N) is 4. The summed E-state index contributed by atoms with van der Waals surface area (Å²) in [5.41, 5.74) is 1.47. The van der Waals surface area contributed by atoms with Gasteiger partial charge in [0, 0.05) is 18.8 Å². The zero-order chi connectivity index (χ0) is 25.5. The van der Waals surface area contributed by atoms with Gasteiger partial charge in [-0.05, 0) is 56.1 Å². The van der Waals surface area contributed by atoms with Crippen LogP contribution in [0.3, 0.4) is 0 Å². The number of aromatic nitrogens is 3. The van der Waals surface area contributed by atoms with Gasteiger partial charge in [-0.3, -0.25) is 14.6 Å². The van der Waals surface area contributed by atoms with E-state index in [4.69, 9.17) is 9.90 Å². The Morgan fingerprint density at radius 3 is 2.26 bits per heavy atom. The number of hydrogen-bond acceptors (Lipinski definition) is 6. The first-order valence-electron chi connectivity index (χ1n) is 9.43. The van der Waals surface area contributed by atoms with Crippen LogP contribution in [0.4, 0.5) is 23.2 Å². The molecule has 2 N–H and O–H groups in total. The summed E-state index contributed by atoms with van der Waals surface area (Å²) in [6.45, 7) is 0.685. The quantitative estimate of drug-likeness (QED) is 0.538. The predicted molar refractivity (Wildman–Crippen MR) is 113 cm³/mol. The van der Waals surface area contributed by atoms with Crippen molar-refractivity contribution in [1.82, 2.24) is 19.7 Å². The maximum Gasteiger partial charge on any atom is 0.490 e. The summed E-state index contributed by atoms with van der Waals surface area (Å²) in [6.07, 6.45) is -1.82. The number of hydrogen-bond donors (Lipinski definition) is 2. The van der Waals surface area contributed by atoms with E-state index in [-0.39, 0.29) is 5.69 Å². The average Bonchev–Trinajstić information content (AvgIpc) is 2.74.